The van der Waals surface area contributed by atoms with Crippen molar-refractivity contribution < 1.29 is 9.90 Å². The zero-order valence-electron chi connectivity index (χ0n) is 15.6. The van der Waals surface area contributed by atoms with Crippen LogP contribution < -0.4 is 10.9 Å². The fraction of sp³-hybridized carbons (Fsp3) is 0.421. The second-order valence-electron chi connectivity index (χ2n) is 7.00. The molecule has 1 amide bonds. The molecular formula is C19H22N6O3. The van der Waals surface area contributed by atoms with E-state index in [2.05, 4.69) is 20.5 Å². The molecule has 0 spiro atoms. The largest absolute Gasteiger partial charge is 0.388 e. The summed E-state index contributed by atoms with van der Waals surface area (Å²) in [5.41, 5.74) is 0.396. The highest BCUT2D eigenvalue weighted by molar-refractivity contribution is 5.79. The predicted octanol–water partition coefficient (Wildman–Crippen LogP) is 0.563. The average Bonchev–Trinajstić information content (AvgIpc) is 3.09. The van der Waals surface area contributed by atoms with Gasteiger partial charge in [-0.25, -0.2) is 4.98 Å². The number of aliphatic hydroxyl groups is 1. The number of nitrogens with zero attached hydrogens (tertiary/aromatic N) is 5. The van der Waals surface area contributed by atoms with Gasteiger partial charge < -0.3 is 15.0 Å². The molecule has 1 saturated carbocycles. The number of carbonyl (C=O) groups is 1. The van der Waals surface area contributed by atoms with Gasteiger partial charge in [-0.1, -0.05) is 12.1 Å². The van der Waals surface area contributed by atoms with Gasteiger partial charge >= 0.3 is 0 Å². The van der Waals surface area contributed by atoms with Gasteiger partial charge in [-0.3, -0.25) is 14.2 Å². The highest BCUT2D eigenvalue weighted by Gasteiger charge is 2.35. The zero-order valence-corrected chi connectivity index (χ0v) is 15.6. The SMILES string of the molecule is CCn1c(CO)nnc1C1CC(NC(=O)Cn2cnc3ccccc3c2=O)C1. The summed E-state index contributed by atoms with van der Waals surface area (Å²) in [6.07, 6.45) is 2.94. The van der Waals surface area contributed by atoms with Crippen LogP contribution in [-0.2, 0) is 24.5 Å². The molecule has 28 heavy (non-hydrogen) atoms. The molecule has 0 radical (unpaired) electrons. The number of hydrogen-bond acceptors (Lipinski definition) is 6. The Labute approximate surface area is 161 Å². The number of nitrogens with one attached hydrogen (secondary N) is 1. The van der Waals surface area contributed by atoms with Crippen molar-refractivity contribution in [2.24, 2.45) is 0 Å². The van der Waals surface area contributed by atoms with E-state index in [1.54, 1.807) is 18.2 Å². The van der Waals surface area contributed by atoms with Gasteiger partial charge in [0.05, 0.1) is 17.2 Å². The van der Waals surface area contributed by atoms with E-state index in [0.717, 1.165) is 18.7 Å². The lowest BCUT2D eigenvalue weighted by Crippen LogP contribution is -2.45. The van der Waals surface area contributed by atoms with Crippen molar-refractivity contribution in [1.29, 1.82) is 0 Å². The first kappa shape index (κ1) is 18.3. The molecule has 2 heterocycles. The van der Waals surface area contributed by atoms with Gasteiger partial charge in [-0.15, -0.1) is 10.2 Å². The Kier molecular flexibility index (Phi) is 4.91. The topological polar surface area (TPSA) is 115 Å². The van der Waals surface area contributed by atoms with E-state index < -0.39 is 0 Å². The number of carbonyl (C=O) groups excluding carboxylic acids is 1. The van der Waals surface area contributed by atoms with Crippen molar-refractivity contribution in [3.63, 3.8) is 0 Å². The molecule has 4 rings (SSSR count). The summed E-state index contributed by atoms with van der Waals surface area (Å²) in [6, 6.07) is 7.12. The molecule has 9 nitrogen and oxygen atoms in total. The normalized spacial score (nSPS) is 18.8. The fourth-order valence-corrected chi connectivity index (χ4v) is 3.71. The number of fused-ring (bicyclic) bond motifs is 1. The summed E-state index contributed by atoms with van der Waals surface area (Å²) in [5.74, 6) is 1.42. The molecule has 0 unspecified atom stereocenters. The number of hydrogen-bond donors (Lipinski definition) is 2. The third kappa shape index (κ3) is 3.29. The van der Waals surface area contributed by atoms with E-state index in [1.165, 1.54) is 10.9 Å². The maximum atomic E-state index is 12.5. The van der Waals surface area contributed by atoms with Crippen LogP contribution in [0.3, 0.4) is 0 Å². The Morgan fingerprint density at radius 1 is 1.29 bits per heavy atom. The Balaban J connectivity index is 1.37. The fourth-order valence-electron chi connectivity index (χ4n) is 3.71. The summed E-state index contributed by atoms with van der Waals surface area (Å²) in [6.45, 7) is 2.49. The number of amides is 1. The lowest BCUT2D eigenvalue weighted by molar-refractivity contribution is -0.123. The molecular weight excluding hydrogens is 360 g/mol. The number of rotatable bonds is 6. The summed E-state index contributed by atoms with van der Waals surface area (Å²) in [5, 5.41) is 21.0. The van der Waals surface area contributed by atoms with Crippen LogP contribution in [0, 0.1) is 0 Å². The van der Waals surface area contributed by atoms with Crippen LogP contribution in [0.25, 0.3) is 10.9 Å². The van der Waals surface area contributed by atoms with Gasteiger partial charge in [0.15, 0.2) is 5.82 Å². The predicted molar refractivity (Wildman–Crippen MR) is 102 cm³/mol. The summed E-state index contributed by atoms with van der Waals surface area (Å²) < 4.78 is 3.25. The second-order valence-corrected chi connectivity index (χ2v) is 7.00. The van der Waals surface area contributed by atoms with Crippen molar-refractivity contribution in [3.05, 3.63) is 52.6 Å². The quantitative estimate of drug-likeness (QED) is 0.644. The molecule has 1 fully saturated rings. The first-order valence-electron chi connectivity index (χ1n) is 9.37. The van der Waals surface area contributed by atoms with Crippen LogP contribution in [0.2, 0.25) is 0 Å². The summed E-state index contributed by atoms with van der Waals surface area (Å²) in [7, 11) is 0. The van der Waals surface area contributed by atoms with E-state index in [4.69, 9.17) is 0 Å². The monoisotopic (exact) mass is 382 g/mol. The Hall–Kier alpha value is -3.07. The van der Waals surface area contributed by atoms with Crippen molar-refractivity contribution >= 4 is 16.8 Å². The van der Waals surface area contributed by atoms with Gasteiger partial charge in [0.2, 0.25) is 5.91 Å². The molecule has 0 aliphatic heterocycles. The maximum Gasteiger partial charge on any atom is 0.261 e. The number of aromatic nitrogens is 5. The number of para-hydroxylation sites is 1. The van der Waals surface area contributed by atoms with Gasteiger partial charge in [-0.2, -0.15) is 0 Å². The lowest BCUT2D eigenvalue weighted by atomic mass is 9.79. The first-order chi connectivity index (χ1) is 13.6. The average molecular weight is 382 g/mol. The van der Waals surface area contributed by atoms with E-state index >= 15 is 0 Å². The minimum atomic E-state index is -0.222. The van der Waals surface area contributed by atoms with Crippen molar-refractivity contribution in [2.45, 2.75) is 51.4 Å². The molecule has 146 valence electrons. The Morgan fingerprint density at radius 2 is 2.07 bits per heavy atom. The van der Waals surface area contributed by atoms with Crippen molar-refractivity contribution in [1.82, 2.24) is 29.6 Å². The summed E-state index contributed by atoms with van der Waals surface area (Å²) in [4.78, 5) is 29.1. The van der Waals surface area contributed by atoms with Crippen LogP contribution in [0.15, 0.2) is 35.4 Å². The molecule has 3 aromatic rings. The van der Waals surface area contributed by atoms with E-state index in [1.807, 2.05) is 17.6 Å². The molecule has 0 atom stereocenters. The van der Waals surface area contributed by atoms with Crippen LogP contribution in [0.5, 0.6) is 0 Å². The molecule has 0 saturated heterocycles. The summed E-state index contributed by atoms with van der Waals surface area (Å²) >= 11 is 0. The molecule has 1 aliphatic rings. The minimum absolute atomic E-state index is 0.0428. The van der Waals surface area contributed by atoms with Crippen LogP contribution in [-0.4, -0.2) is 41.4 Å². The lowest BCUT2D eigenvalue weighted by Gasteiger charge is -2.35. The van der Waals surface area contributed by atoms with Gasteiger partial charge in [0, 0.05) is 18.5 Å². The maximum absolute atomic E-state index is 12.5. The third-order valence-corrected chi connectivity index (χ3v) is 5.23. The molecule has 1 aliphatic carbocycles. The smallest absolute Gasteiger partial charge is 0.261 e. The Morgan fingerprint density at radius 3 is 2.82 bits per heavy atom. The van der Waals surface area contributed by atoms with Crippen molar-refractivity contribution in [2.75, 3.05) is 0 Å². The number of benzene rings is 1. The molecule has 0 bridgehead atoms. The minimum Gasteiger partial charge on any atom is -0.388 e. The highest BCUT2D eigenvalue weighted by atomic mass is 16.3. The van der Waals surface area contributed by atoms with Gasteiger partial charge in [-0.05, 0) is 31.9 Å². The van der Waals surface area contributed by atoms with E-state index in [-0.39, 0.29) is 36.6 Å². The standard InChI is InChI=1S/C19H22N6O3/c1-2-25-16(10-26)22-23-18(25)12-7-13(8-12)21-17(27)9-24-11-20-15-6-4-3-5-14(15)19(24)28/h3-6,11-13,26H,2,7-10H2,1H3,(H,21,27). The van der Waals surface area contributed by atoms with E-state index in [0.29, 0.717) is 23.3 Å². The zero-order chi connectivity index (χ0) is 19.7. The molecule has 9 heteroatoms. The molecule has 2 N–H and O–H groups in total. The third-order valence-electron chi connectivity index (χ3n) is 5.23. The number of aliphatic hydroxyl groups excluding tert-OH is 1. The van der Waals surface area contributed by atoms with Gasteiger partial charge in [0.25, 0.3) is 5.56 Å². The highest BCUT2D eigenvalue weighted by Crippen LogP contribution is 2.36. The van der Waals surface area contributed by atoms with E-state index in [9.17, 15) is 14.7 Å². The van der Waals surface area contributed by atoms with Crippen LogP contribution in [0.4, 0.5) is 0 Å². The second kappa shape index (κ2) is 7.51. The van der Waals surface area contributed by atoms with Crippen LogP contribution in [0.1, 0.15) is 37.3 Å². The van der Waals surface area contributed by atoms with Crippen LogP contribution >= 0.6 is 0 Å². The Bertz CT molecular complexity index is 1070. The molecule has 2 aromatic heterocycles. The molecule has 1 aromatic carbocycles. The van der Waals surface area contributed by atoms with Gasteiger partial charge in [0.1, 0.15) is 19.0 Å². The van der Waals surface area contributed by atoms with Crippen molar-refractivity contribution in [3.8, 4) is 0 Å². The first-order valence-corrected chi connectivity index (χ1v) is 9.37.